The average molecular weight is 432 g/mol. The fraction of sp³-hybridized carbons (Fsp3) is 0.200. The number of nitrogens with one attached hydrogen (secondary N) is 2. The third-order valence-electron chi connectivity index (χ3n) is 5.15. The van der Waals surface area contributed by atoms with Crippen molar-refractivity contribution in [3.63, 3.8) is 0 Å². The molecule has 0 bridgehead atoms. The molecule has 31 heavy (non-hydrogen) atoms. The molecule has 1 aliphatic heterocycles. The minimum Gasteiger partial charge on any atom is -0.356 e. The summed E-state index contributed by atoms with van der Waals surface area (Å²) in [7, 11) is 0. The smallest absolute Gasteiger partial charge is 0.256 e. The molecule has 158 valence electrons. The van der Waals surface area contributed by atoms with E-state index in [1.165, 1.54) is 11.8 Å². The van der Waals surface area contributed by atoms with E-state index in [1.54, 1.807) is 6.07 Å². The molecule has 3 aromatic carbocycles. The highest BCUT2D eigenvalue weighted by Gasteiger charge is 2.19. The molecule has 2 N–H and O–H groups in total. The SMILES string of the molecule is O=C(Nc1ccc(Nc2ccccc2)cc1)c1ccccc1SCC(=O)N1CCCC1. The summed E-state index contributed by atoms with van der Waals surface area (Å²) in [5.74, 6) is 0.309. The quantitative estimate of drug-likeness (QED) is 0.492. The highest BCUT2D eigenvalue weighted by Crippen LogP contribution is 2.25. The maximum Gasteiger partial charge on any atom is 0.256 e. The van der Waals surface area contributed by atoms with Gasteiger partial charge in [0.05, 0.1) is 11.3 Å². The lowest BCUT2D eigenvalue weighted by atomic mass is 10.2. The maximum absolute atomic E-state index is 12.9. The van der Waals surface area contributed by atoms with Crippen molar-refractivity contribution in [3.05, 3.63) is 84.4 Å². The monoisotopic (exact) mass is 431 g/mol. The second-order valence-electron chi connectivity index (χ2n) is 7.40. The number of nitrogens with zero attached hydrogens (tertiary/aromatic N) is 1. The number of thioether (sulfide) groups is 1. The van der Waals surface area contributed by atoms with E-state index in [9.17, 15) is 9.59 Å². The molecular weight excluding hydrogens is 406 g/mol. The highest BCUT2D eigenvalue weighted by molar-refractivity contribution is 8.00. The number of anilines is 3. The zero-order chi connectivity index (χ0) is 21.5. The van der Waals surface area contributed by atoms with Gasteiger partial charge in [-0.25, -0.2) is 0 Å². The summed E-state index contributed by atoms with van der Waals surface area (Å²) in [6.07, 6.45) is 2.16. The van der Waals surface area contributed by atoms with Crippen LogP contribution >= 0.6 is 11.8 Å². The first-order valence-electron chi connectivity index (χ1n) is 10.4. The molecule has 0 saturated carbocycles. The van der Waals surface area contributed by atoms with Crippen LogP contribution in [0.5, 0.6) is 0 Å². The maximum atomic E-state index is 12.9. The summed E-state index contributed by atoms with van der Waals surface area (Å²) in [4.78, 5) is 27.9. The predicted octanol–water partition coefficient (Wildman–Crippen LogP) is 5.40. The molecule has 0 spiro atoms. The number of rotatable bonds is 7. The molecule has 0 aromatic heterocycles. The zero-order valence-electron chi connectivity index (χ0n) is 17.2. The molecule has 1 saturated heterocycles. The van der Waals surface area contributed by atoms with Crippen LogP contribution in [0.4, 0.5) is 17.1 Å². The van der Waals surface area contributed by atoms with Crippen LogP contribution in [-0.2, 0) is 4.79 Å². The number of benzene rings is 3. The van der Waals surface area contributed by atoms with Crippen molar-refractivity contribution < 1.29 is 9.59 Å². The van der Waals surface area contributed by atoms with E-state index in [0.717, 1.165) is 47.9 Å². The van der Waals surface area contributed by atoms with Crippen molar-refractivity contribution in [2.75, 3.05) is 29.5 Å². The van der Waals surface area contributed by atoms with Crippen molar-refractivity contribution in [2.45, 2.75) is 17.7 Å². The number of likely N-dealkylation sites (tertiary alicyclic amines) is 1. The third kappa shape index (κ3) is 5.67. The summed E-state index contributed by atoms with van der Waals surface area (Å²) >= 11 is 1.42. The van der Waals surface area contributed by atoms with Gasteiger partial charge >= 0.3 is 0 Å². The largest absolute Gasteiger partial charge is 0.356 e. The average Bonchev–Trinajstić information content (AvgIpc) is 3.35. The third-order valence-corrected chi connectivity index (χ3v) is 6.21. The van der Waals surface area contributed by atoms with E-state index in [1.807, 2.05) is 77.7 Å². The second-order valence-corrected chi connectivity index (χ2v) is 8.41. The molecule has 0 unspecified atom stereocenters. The van der Waals surface area contributed by atoms with Crippen molar-refractivity contribution in [1.82, 2.24) is 4.90 Å². The number of amides is 2. The lowest BCUT2D eigenvalue weighted by Gasteiger charge is -2.15. The Morgan fingerprint density at radius 3 is 2.13 bits per heavy atom. The van der Waals surface area contributed by atoms with Crippen LogP contribution in [-0.4, -0.2) is 35.6 Å². The van der Waals surface area contributed by atoms with E-state index in [4.69, 9.17) is 0 Å². The van der Waals surface area contributed by atoms with Gasteiger partial charge in [-0.05, 0) is 61.4 Å². The Morgan fingerprint density at radius 2 is 1.39 bits per heavy atom. The van der Waals surface area contributed by atoms with Gasteiger partial charge in [-0.1, -0.05) is 30.3 Å². The Kier molecular flexibility index (Phi) is 6.89. The molecule has 2 amide bonds. The Bertz CT molecular complexity index is 1030. The molecule has 5 nitrogen and oxygen atoms in total. The lowest BCUT2D eigenvalue weighted by Crippen LogP contribution is -2.29. The van der Waals surface area contributed by atoms with Gasteiger partial charge in [0.2, 0.25) is 5.91 Å². The van der Waals surface area contributed by atoms with Gasteiger partial charge in [-0.2, -0.15) is 0 Å². The van der Waals surface area contributed by atoms with Crippen molar-refractivity contribution in [3.8, 4) is 0 Å². The Balaban J connectivity index is 1.37. The normalized spacial score (nSPS) is 13.1. The first-order valence-corrected chi connectivity index (χ1v) is 11.4. The molecule has 0 aliphatic carbocycles. The fourth-order valence-electron chi connectivity index (χ4n) is 3.50. The number of carbonyl (C=O) groups is 2. The fourth-order valence-corrected chi connectivity index (χ4v) is 4.45. The van der Waals surface area contributed by atoms with Crippen LogP contribution < -0.4 is 10.6 Å². The number of carbonyl (C=O) groups excluding carboxylic acids is 2. The zero-order valence-corrected chi connectivity index (χ0v) is 18.0. The van der Waals surface area contributed by atoms with Gasteiger partial charge in [-0.15, -0.1) is 11.8 Å². The molecule has 3 aromatic rings. The van der Waals surface area contributed by atoms with Gasteiger partial charge in [0.1, 0.15) is 0 Å². The van der Waals surface area contributed by atoms with Gasteiger partial charge in [-0.3, -0.25) is 9.59 Å². The summed E-state index contributed by atoms with van der Waals surface area (Å²) in [5.41, 5.74) is 3.25. The lowest BCUT2D eigenvalue weighted by molar-refractivity contribution is -0.127. The van der Waals surface area contributed by atoms with Gasteiger partial charge in [0.15, 0.2) is 0 Å². The molecule has 1 aliphatic rings. The van der Waals surface area contributed by atoms with E-state index >= 15 is 0 Å². The summed E-state index contributed by atoms with van der Waals surface area (Å²) < 4.78 is 0. The van der Waals surface area contributed by atoms with E-state index in [2.05, 4.69) is 10.6 Å². The molecule has 1 heterocycles. The highest BCUT2D eigenvalue weighted by atomic mass is 32.2. The standard InChI is InChI=1S/C25H25N3O2S/c29-24(28-16-6-7-17-28)18-31-23-11-5-4-10-22(23)25(30)27-21-14-12-20(13-15-21)26-19-8-2-1-3-9-19/h1-5,8-15,26H,6-7,16-18H2,(H,27,30). The van der Waals surface area contributed by atoms with Crippen LogP contribution in [0.15, 0.2) is 83.8 Å². The topological polar surface area (TPSA) is 61.4 Å². The van der Waals surface area contributed by atoms with Gasteiger partial charge < -0.3 is 15.5 Å². The predicted molar refractivity (Wildman–Crippen MR) is 127 cm³/mol. The van der Waals surface area contributed by atoms with Gasteiger partial charge in [0.25, 0.3) is 5.91 Å². The molecule has 1 fully saturated rings. The first-order chi connectivity index (χ1) is 15.2. The molecule has 6 heteroatoms. The molecule has 4 rings (SSSR count). The van der Waals surface area contributed by atoms with Crippen LogP contribution in [0.3, 0.4) is 0 Å². The van der Waals surface area contributed by atoms with Crippen LogP contribution in [0.2, 0.25) is 0 Å². The summed E-state index contributed by atoms with van der Waals surface area (Å²) in [6.45, 7) is 1.69. The number of hydrogen-bond donors (Lipinski definition) is 2. The van der Waals surface area contributed by atoms with Crippen LogP contribution in [0.1, 0.15) is 23.2 Å². The summed E-state index contributed by atoms with van der Waals surface area (Å²) in [6, 6.07) is 24.9. The second kappa shape index (κ2) is 10.2. The van der Waals surface area contributed by atoms with Gasteiger partial charge in [0, 0.05) is 35.0 Å². The van der Waals surface area contributed by atoms with E-state index in [-0.39, 0.29) is 11.8 Å². The van der Waals surface area contributed by atoms with Crippen molar-refractivity contribution >= 4 is 40.6 Å². The number of para-hydroxylation sites is 1. The Hall–Kier alpha value is -3.25. The van der Waals surface area contributed by atoms with Crippen molar-refractivity contribution in [1.29, 1.82) is 0 Å². The van der Waals surface area contributed by atoms with E-state index < -0.39 is 0 Å². The van der Waals surface area contributed by atoms with Crippen molar-refractivity contribution in [2.24, 2.45) is 0 Å². The molecule has 0 radical (unpaired) electrons. The van der Waals surface area contributed by atoms with Crippen LogP contribution in [0, 0.1) is 0 Å². The van der Waals surface area contributed by atoms with Crippen LogP contribution in [0.25, 0.3) is 0 Å². The first kappa shape index (κ1) is 21.0. The number of hydrogen-bond acceptors (Lipinski definition) is 4. The molecular formula is C25H25N3O2S. The summed E-state index contributed by atoms with van der Waals surface area (Å²) in [5, 5.41) is 6.28. The minimum atomic E-state index is -0.180. The molecule has 0 atom stereocenters. The Morgan fingerprint density at radius 1 is 0.774 bits per heavy atom. The van der Waals surface area contributed by atoms with E-state index in [0.29, 0.717) is 11.3 Å². The minimum absolute atomic E-state index is 0.138. The Labute approximate surface area is 186 Å².